The lowest BCUT2D eigenvalue weighted by Gasteiger charge is -2.15. The number of nitrogens with one attached hydrogen (secondary N) is 3. The first kappa shape index (κ1) is 15.4. The zero-order chi connectivity index (χ0) is 15.9. The Morgan fingerprint density at radius 1 is 1.36 bits per heavy atom. The number of para-hydroxylation sites is 1. The minimum absolute atomic E-state index is 0.0765. The number of hydrogen-bond acceptors (Lipinski definition) is 4. The monoisotopic (exact) mass is 300 g/mol. The fourth-order valence-electron chi connectivity index (χ4n) is 2.04. The van der Waals surface area contributed by atoms with Crippen LogP contribution in [0.5, 0.6) is 0 Å². The van der Waals surface area contributed by atoms with Crippen LogP contribution in [0.1, 0.15) is 10.4 Å². The van der Waals surface area contributed by atoms with E-state index in [1.807, 2.05) is 0 Å². The number of amides is 4. The molecule has 22 heavy (non-hydrogen) atoms. The number of carbonyl (C=O) groups is 3. The summed E-state index contributed by atoms with van der Waals surface area (Å²) in [7, 11) is 0. The molecule has 0 aliphatic carbocycles. The standard InChI is InChI=1S/C15H16N4O3/c1-2-7-16-14(21)11-5-3-4-6-12(11)18-10-13(20)19-9-8-17-15(19)22/h1,3-6,18H,7-10H2,(H,16,21)(H,17,22). The van der Waals surface area contributed by atoms with Gasteiger partial charge in [-0.05, 0) is 12.1 Å². The van der Waals surface area contributed by atoms with Gasteiger partial charge in [-0.25, -0.2) is 4.79 Å². The van der Waals surface area contributed by atoms with E-state index in [2.05, 4.69) is 21.9 Å². The molecule has 1 aliphatic rings. The fraction of sp³-hybridized carbons (Fsp3) is 0.267. The Hall–Kier alpha value is -3.01. The van der Waals surface area contributed by atoms with Crippen molar-refractivity contribution in [2.24, 2.45) is 0 Å². The molecule has 4 amide bonds. The van der Waals surface area contributed by atoms with Gasteiger partial charge >= 0.3 is 6.03 Å². The first-order valence-electron chi connectivity index (χ1n) is 6.76. The second kappa shape index (κ2) is 7.13. The predicted molar refractivity (Wildman–Crippen MR) is 81.2 cm³/mol. The van der Waals surface area contributed by atoms with Gasteiger partial charge in [-0.1, -0.05) is 18.1 Å². The molecule has 0 radical (unpaired) electrons. The predicted octanol–water partition coefficient (Wildman–Crippen LogP) is 0.0133. The Bertz CT molecular complexity index is 636. The number of benzene rings is 1. The molecule has 0 spiro atoms. The molecule has 1 fully saturated rings. The summed E-state index contributed by atoms with van der Waals surface area (Å²) in [5.74, 6) is 1.64. The Labute approximate surface area is 128 Å². The number of terminal acetylenes is 1. The molecule has 1 saturated heterocycles. The molecule has 1 aromatic rings. The Morgan fingerprint density at radius 2 is 2.14 bits per heavy atom. The SMILES string of the molecule is C#CCNC(=O)c1ccccc1NCC(=O)N1CCNC1=O. The highest BCUT2D eigenvalue weighted by molar-refractivity contribution is 6.01. The highest BCUT2D eigenvalue weighted by Gasteiger charge is 2.25. The summed E-state index contributed by atoms with van der Waals surface area (Å²) in [6.45, 7) is 0.853. The van der Waals surface area contributed by atoms with E-state index in [0.717, 1.165) is 4.90 Å². The summed E-state index contributed by atoms with van der Waals surface area (Å²) in [4.78, 5) is 36.5. The minimum Gasteiger partial charge on any atom is -0.375 e. The smallest absolute Gasteiger partial charge is 0.324 e. The van der Waals surface area contributed by atoms with Gasteiger partial charge in [0.25, 0.3) is 5.91 Å². The average Bonchev–Trinajstić information content (AvgIpc) is 2.96. The van der Waals surface area contributed by atoms with Gasteiger partial charge in [0.05, 0.1) is 18.7 Å². The van der Waals surface area contributed by atoms with Gasteiger partial charge in [-0.2, -0.15) is 0 Å². The van der Waals surface area contributed by atoms with E-state index in [1.54, 1.807) is 24.3 Å². The molecule has 0 unspecified atom stereocenters. The third kappa shape index (κ3) is 3.55. The maximum absolute atomic E-state index is 12.0. The van der Waals surface area contributed by atoms with Crippen LogP contribution in [-0.2, 0) is 4.79 Å². The van der Waals surface area contributed by atoms with E-state index in [1.165, 1.54) is 0 Å². The highest BCUT2D eigenvalue weighted by Crippen LogP contribution is 2.14. The van der Waals surface area contributed by atoms with Crippen molar-refractivity contribution in [1.29, 1.82) is 0 Å². The highest BCUT2D eigenvalue weighted by atomic mass is 16.2. The summed E-state index contributed by atoms with van der Waals surface area (Å²) in [6, 6.07) is 6.37. The van der Waals surface area contributed by atoms with Gasteiger partial charge in [0.2, 0.25) is 5.91 Å². The summed E-state index contributed by atoms with van der Waals surface area (Å²) in [6.07, 6.45) is 5.11. The maximum atomic E-state index is 12.0. The van der Waals surface area contributed by atoms with Crippen LogP contribution in [0.25, 0.3) is 0 Å². The van der Waals surface area contributed by atoms with E-state index in [0.29, 0.717) is 24.3 Å². The van der Waals surface area contributed by atoms with E-state index in [-0.39, 0.29) is 24.9 Å². The lowest BCUT2D eigenvalue weighted by molar-refractivity contribution is -0.125. The molecule has 114 valence electrons. The third-order valence-electron chi connectivity index (χ3n) is 3.11. The lowest BCUT2D eigenvalue weighted by Crippen LogP contribution is -2.38. The van der Waals surface area contributed by atoms with Gasteiger partial charge in [-0.15, -0.1) is 6.42 Å². The van der Waals surface area contributed by atoms with E-state index in [9.17, 15) is 14.4 Å². The number of imide groups is 1. The zero-order valence-electron chi connectivity index (χ0n) is 11.9. The molecule has 0 bridgehead atoms. The van der Waals surface area contributed by atoms with Crippen LogP contribution in [0.2, 0.25) is 0 Å². The Morgan fingerprint density at radius 3 is 2.82 bits per heavy atom. The van der Waals surface area contributed by atoms with E-state index in [4.69, 9.17) is 6.42 Å². The van der Waals surface area contributed by atoms with Gasteiger partial charge in [0.1, 0.15) is 0 Å². The molecule has 3 N–H and O–H groups in total. The van der Waals surface area contributed by atoms with Gasteiger partial charge in [0, 0.05) is 18.8 Å². The summed E-state index contributed by atoms with van der Waals surface area (Å²) in [5.41, 5.74) is 0.890. The molecular formula is C15H16N4O3. The van der Waals surface area contributed by atoms with Crippen molar-refractivity contribution in [2.45, 2.75) is 0 Å². The second-order valence-corrected chi connectivity index (χ2v) is 4.56. The van der Waals surface area contributed by atoms with Crippen LogP contribution < -0.4 is 16.0 Å². The molecular weight excluding hydrogens is 284 g/mol. The van der Waals surface area contributed by atoms with Crippen LogP contribution in [0.4, 0.5) is 10.5 Å². The summed E-state index contributed by atoms with van der Waals surface area (Å²) >= 11 is 0. The van der Waals surface area contributed by atoms with Crippen LogP contribution in [0.3, 0.4) is 0 Å². The lowest BCUT2D eigenvalue weighted by atomic mass is 10.1. The van der Waals surface area contributed by atoms with Crippen molar-refractivity contribution in [3.63, 3.8) is 0 Å². The van der Waals surface area contributed by atoms with E-state index >= 15 is 0 Å². The number of rotatable bonds is 5. The summed E-state index contributed by atoms with van der Waals surface area (Å²) < 4.78 is 0. The van der Waals surface area contributed by atoms with Crippen LogP contribution >= 0.6 is 0 Å². The first-order valence-corrected chi connectivity index (χ1v) is 6.76. The van der Waals surface area contributed by atoms with Crippen molar-refractivity contribution in [3.05, 3.63) is 29.8 Å². The van der Waals surface area contributed by atoms with Crippen LogP contribution in [-0.4, -0.2) is 48.9 Å². The molecule has 1 aromatic carbocycles. The Kier molecular flexibility index (Phi) is 4.98. The number of carbonyl (C=O) groups excluding carboxylic acids is 3. The molecule has 0 saturated carbocycles. The fourth-order valence-corrected chi connectivity index (χ4v) is 2.04. The van der Waals surface area contributed by atoms with Gasteiger partial charge in [0.15, 0.2) is 0 Å². The zero-order valence-corrected chi connectivity index (χ0v) is 11.9. The van der Waals surface area contributed by atoms with Crippen molar-refractivity contribution < 1.29 is 14.4 Å². The van der Waals surface area contributed by atoms with Gasteiger partial charge < -0.3 is 16.0 Å². The second-order valence-electron chi connectivity index (χ2n) is 4.56. The Balaban J connectivity index is 2.01. The molecule has 7 heteroatoms. The molecule has 7 nitrogen and oxygen atoms in total. The topological polar surface area (TPSA) is 90.5 Å². The number of nitrogens with zero attached hydrogens (tertiary/aromatic N) is 1. The summed E-state index contributed by atoms with van der Waals surface area (Å²) in [5, 5.41) is 8.01. The van der Waals surface area contributed by atoms with Crippen molar-refractivity contribution in [1.82, 2.24) is 15.5 Å². The quantitative estimate of drug-likeness (QED) is 0.668. The van der Waals surface area contributed by atoms with Crippen LogP contribution in [0, 0.1) is 12.3 Å². The maximum Gasteiger partial charge on any atom is 0.324 e. The molecule has 1 aliphatic heterocycles. The van der Waals surface area contributed by atoms with Crippen LogP contribution in [0.15, 0.2) is 24.3 Å². The number of urea groups is 1. The van der Waals surface area contributed by atoms with E-state index < -0.39 is 6.03 Å². The largest absolute Gasteiger partial charge is 0.375 e. The molecule has 0 atom stereocenters. The molecule has 2 rings (SSSR count). The normalized spacial score (nSPS) is 13.2. The van der Waals surface area contributed by atoms with Crippen molar-refractivity contribution in [3.8, 4) is 12.3 Å². The third-order valence-corrected chi connectivity index (χ3v) is 3.11. The minimum atomic E-state index is -0.396. The van der Waals surface area contributed by atoms with Gasteiger partial charge in [-0.3, -0.25) is 14.5 Å². The number of hydrogen-bond donors (Lipinski definition) is 3. The van der Waals surface area contributed by atoms with Crippen molar-refractivity contribution in [2.75, 3.05) is 31.5 Å². The van der Waals surface area contributed by atoms with Crippen molar-refractivity contribution >= 4 is 23.5 Å². The molecule has 1 heterocycles. The first-order chi connectivity index (χ1) is 10.6. The molecule has 0 aromatic heterocycles. The average molecular weight is 300 g/mol. The number of anilines is 1.